The fraction of sp³-hybridized carbons (Fsp3) is 0.652. The molecule has 0 radical (unpaired) electrons. The van der Waals surface area contributed by atoms with Gasteiger partial charge in [-0.1, -0.05) is 27.7 Å². The molecule has 2 fully saturated rings. The van der Waals surface area contributed by atoms with E-state index in [0.717, 1.165) is 25.9 Å². The number of carbonyl (C=O) groups is 1. The van der Waals surface area contributed by atoms with Crippen molar-refractivity contribution in [3.63, 3.8) is 0 Å². The minimum absolute atomic E-state index is 0.0147. The van der Waals surface area contributed by atoms with E-state index >= 15 is 0 Å². The number of likely N-dealkylation sites (tertiary alicyclic amines) is 1. The topological polar surface area (TPSA) is 134 Å². The molecule has 0 saturated carbocycles. The van der Waals surface area contributed by atoms with Crippen LogP contribution in [-0.2, 0) is 16.4 Å². The van der Waals surface area contributed by atoms with Gasteiger partial charge in [0.2, 0.25) is 0 Å². The Labute approximate surface area is 198 Å². The molecule has 4 rings (SSSR count). The van der Waals surface area contributed by atoms with Gasteiger partial charge in [0, 0.05) is 18.3 Å². The number of H-pyrrole nitrogens is 1. The third-order valence-corrected chi connectivity index (χ3v) is 8.32. The van der Waals surface area contributed by atoms with Crippen LogP contribution in [0.5, 0.6) is 0 Å². The van der Waals surface area contributed by atoms with E-state index in [1.807, 2.05) is 27.7 Å². The van der Waals surface area contributed by atoms with Gasteiger partial charge in [-0.2, -0.15) is 0 Å². The van der Waals surface area contributed by atoms with Crippen molar-refractivity contribution in [3.05, 3.63) is 38.2 Å². The Morgan fingerprint density at radius 1 is 1.18 bits per heavy atom. The highest BCUT2D eigenvalue weighted by atomic mass is 32.2. The van der Waals surface area contributed by atoms with Gasteiger partial charge in [-0.3, -0.25) is 24.0 Å². The summed E-state index contributed by atoms with van der Waals surface area (Å²) in [4.78, 5) is 48.0. The van der Waals surface area contributed by atoms with Crippen molar-refractivity contribution >= 4 is 26.8 Å². The number of nitrogens with one attached hydrogen (secondary N) is 2. The summed E-state index contributed by atoms with van der Waals surface area (Å²) in [5, 5.41) is 2.95. The number of carbonyl (C=O) groups excluding carboxylic acids is 1. The molecule has 2 aromatic heterocycles. The summed E-state index contributed by atoms with van der Waals surface area (Å²) in [7, 11) is -3.29. The largest absolute Gasteiger partial charge is 0.347 e. The highest BCUT2D eigenvalue weighted by Crippen LogP contribution is 2.24. The first-order chi connectivity index (χ1) is 16.0. The molecule has 2 aliphatic rings. The lowest BCUT2D eigenvalue weighted by Crippen LogP contribution is -2.50. The van der Waals surface area contributed by atoms with Crippen molar-refractivity contribution in [2.45, 2.75) is 65.1 Å². The van der Waals surface area contributed by atoms with Crippen LogP contribution in [0.25, 0.3) is 11.0 Å². The van der Waals surface area contributed by atoms with Crippen LogP contribution in [0.15, 0.2) is 15.7 Å². The van der Waals surface area contributed by atoms with Gasteiger partial charge in [0.05, 0.1) is 28.5 Å². The maximum absolute atomic E-state index is 13.5. The minimum Gasteiger partial charge on any atom is -0.347 e. The first kappa shape index (κ1) is 24.6. The lowest BCUT2D eigenvalue weighted by atomic mass is 10.0. The molecule has 11 heteroatoms. The number of nitrogens with zero attached hydrogens (tertiary/aromatic N) is 3. The lowest BCUT2D eigenvalue weighted by Gasteiger charge is -2.28. The van der Waals surface area contributed by atoms with Crippen LogP contribution in [0.4, 0.5) is 0 Å². The maximum Gasteiger partial charge on any atom is 0.330 e. The van der Waals surface area contributed by atoms with Crippen LogP contribution in [0.3, 0.4) is 0 Å². The van der Waals surface area contributed by atoms with Crippen LogP contribution >= 0.6 is 0 Å². The van der Waals surface area contributed by atoms with Gasteiger partial charge >= 0.3 is 5.69 Å². The number of rotatable bonds is 6. The summed E-state index contributed by atoms with van der Waals surface area (Å²) >= 11 is 0. The van der Waals surface area contributed by atoms with Crippen molar-refractivity contribution in [1.29, 1.82) is 0 Å². The fourth-order valence-electron chi connectivity index (χ4n) is 4.95. The Bertz CT molecular complexity index is 1320. The van der Waals surface area contributed by atoms with Crippen LogP contribution in [0.1, 0.15) is 62.5 Å². The third-order valence-electron chi connectivity index (χ3n) is 6.60. The summed E-state index contributed by atoms with van der Waals surface area (Å²) in [6.07, 6.45) is 2.01. The molecule has 2 saturated heterocycles. The van der Waals surface area contributed by atoms with E-state index in [0.29, 0.717) is 12.2 Å². The average molecular weight is 492 g/mol. The van der Waals surface area contributed by atoms with Gasteiger partial charge in [0.15, 0.2) is 15.5 Å². The Morgan fingerprint density at radius 3 is 2.47 bits per heavy atom. The Balaban J connectivity index is 1.80. The van der Waals surface area contributed by atoms with Gasteiger partial charge in [-0.05, 0) is 43.8 Å². The first-order valence-corrected chi connectivity index (χ1v) is 13.7. The zero-order chi connectivity index (χ0) is 24.8. The molecule has 0 bridgehead atoms. The molecular formula is C23H33N5O5S. The average Bonchev–Trinajstić information content (AvgIpc) is 3.37. The predicted molar refractivity (Wildman–Crippen MR) is 130 cm³/mol. The lowest BCUT2D eigenvalue weighted by molar-refractivity contribution is 0.0920. The summed E-state index contributed by atoms with van der Waals surface area (Å²) in [5.74, 6) is -0.587. The van der Waals surface area contributed by atoms with Gasteiger partial charge < -0.3 is 5.32 Å². The number of pyridine rings is 1. The van der Waals surface area contributed by atoms with Gasteiger partial charge in [0.25, 0.3) is 11.5 Å². The normalized spacial score (nSPS) is 22.8. The third kappa shape index (κ3) is 4.81. The number of aromatic amines is 1. The molecule has 2 unspecified atom stereocenters. The highest BCUT2D eigenvalue weighted by Gasteiger charge is 2.42. The van der Waals surface area contributed by atoms with E-state index in [9.17, 15) is 22.8 Å². The molecule has 4 heterocycles. The van der Waals surface area contributed by atoms with Crippen LogP contribution in [0.2, 0.25) is 0 Å². The van der Waals surface area contributed by atoms with Gasteiger partial charge in [0.1, 0.15) is 0 Å². The van der Waals surface area contributed by atoms with E-state index in [2.05, 4.69) is 20.2 Å². The Hall–Kier alpha value is -2.53. The van der Waals surface area contributed by atoms with Crippen molar-refractivity contribution in [3.8, 4) is 0 Å². The van der Waals surface area contributed by atoms with Crippen molar-refractivity contribution < 1.29 is 13.2 Å². The summed E-state index contributed by atoms with van der Waals surface area (Å²) in [6.45, 7) is 9.68. The smallest absolute Gasteiger partial charge is 0.330 e. The van der Waals surface area contributed by atoms with Gasteiger partial charge in [-0.25, -0.2) is 18.2 Å². The van der Waals surface area contributed by atoms with Crippen LogP contribution < -0.4 is 16.6 Å². The number of aromatic nitrogens is 3. The molecule has 1 amide bonds. The zero-order valence-corrected chi connectivity index (χ0v) is 20.9. The van der Waals surface area contributed by atoms with Crippen molar-refractivity contribution in [1.82, 2.24) is 24.8 Å². The second-order valence-corrected chi connectivity index (χ2v) is 12.3. The first-order valence-electron chi connectivity index (χ1n) is 11.9. The maximum atomic E-state index is 13.5. The van der Waals surface area contributed by atoms with Crippen LogP contribution in [-0.4, -0.2) is 70.4 Å². The molecule has 10 nitrogen and oxygen atoms in total. The molecule has 0 spiro atoms. The summed E-state index contributed by atoms with van der Waals surface area (Å²) in [6, 6.07) is 0.726. The van der Waals surface area contributed by atoms with Gasteiger partial charge in [-0.15, -0.1) is 0 Å². The number of fused-ring (bicyclic) bond motifs is 1. The summed E-state index contributed by atoms with van der Waals surface area (Å²) < 4.78 is 26.3. The molecular weight excluding hydrogens is 458 g/mol. The molecule has 186 valence electrons. The SMILES string of the molecule is CC(C)Cn1c(=O)[nH]c(=O)c2c(C(=O)NC3CS(=O)(=O)CC3N3CCCC3)cc(C(C)C)nc21. The summed E-state index contributed by atoms with van der Waals surface area (Å²) in [5.41, 5.74) is -0.383. The minimum atomic E-state index is -3.29. The molecule has 2 N–H and O–H groups in total. The number of amides is 1. The second-order valence-electron chi connectivity index (χ2n) is 10.2. The quantitative estimate of drug-likeness (QED) is 0.612. The highest BCUT2D eigenvalue weighted by molar-refractivity contribution is 7.91. The number of sulfone groups is 1. The number of hydrogen-bond acceptors (Lipinski definition) is 7. The predicted octanol–water partition coefficient (Wildman–Crippen LogP) is 0.855. The second kappa shape index (κ2) is 9.26. The molecule has 2 aliphatic heterocycles. The van der Waals surface area contributed by atoms with Crippen LogP contribution in [0, 0.1) is 5.92 Å². The van der Waals surface area contributed by atoms with Crippen molar-refractivity contribution in [2.75, 3.05) is 24.6 Å². The Kier molecular flexibility index (Phi) is 6.69. The Morgan fingerprint density at radius 2 is 1.85 bits per heavy atom. The molecule has 34 heavy (non-hydrogen) atoms. The molecule has 2 aromatic rings. The van der Waals surface area contributed by atoms with E-state index in [1.165, 1.54) is 4.57 Å². The fourth-order valence-corrected chi connectivity index (χ4v) is 6.90. The monoisotopic (exact) mass is 491 g/mol. The van der Waals surface area contributed by atoms with E-state index in [-0.39, 0.29) is 46.0 Å². The zero-order valence-electron chi connectivity index (χ0n) is 20.1. The number of hydrogen-bond donors (Lipinski definition) is 2. The van der Waals surface area contributed by atoms with E-state index < -0.39 is 33.0 Å². The molecule has 2 atom stereocenters. The van der Waals surface area contributed by atoms with Crippen molar-refractivity contribution in [2.24, 2.45) is 5.92 Å². The molecule has 0 aliphatic carbocycles. The standard InChI is InChI=1S/C23H33N5O5S/c1-13(2)10-28-20-19(22(30)26-23(28)31)15(9-16(24-20)14(3)4)21(29)25-17-11-34(32,33)12-18(17)27-7-5-6-8-27/h9,13-14,17-18H,5-8,10-12H2,1-4H3,(H,25,29)(H,26,30,31). The van der Waals surface area contributed by atoms with E-state index in [4.69, 9.17) is 0 Å². The molecule has 0 aromatic carbocycles. The van der Waals surface area contributed by atoms with E-state index in [1.54, 1.807) is 6.07 Å².